The molecule has 0 spiro atoms. The first-order valence-electron chi connectivity index (χ1n) is 7.36. The van der Waals surface area contributed by atoms with Gasteiger partial charge in [0.1, 0.15) is 5.84 Å². The second-order valence-electron chi connectivity index (χ2n) is 4.88. The summed E-state index contributed by atoms with van der Waals surface area (Å²) >= 11 is 0. The van der Waals surface area contributed by atoms with Gasteiger partial charge < -0.3 is 0 Å². The average molecular weight is 272 g/mol. The molecule has 0 aliphatic heterocycles. The first-order valence-corrected chi connectivity index (χ1v) is 7.36. The Morgan fingerprint density at radius 2 is 1.75 bits per heavy atom. The number of unbranched alkanes of at least 4 members (excludes halogenated alkanes) is 6. The van der Waals surface area contributed by atoms with Gasteiger partial charge in [-0.25, -0.2) is 0 Å². The third kappa shape index (κ3) is 6.40. The van der Waals surface area contributed by atoms with Crippen LogP contribution in [0.15, 0.2) is 24.3 Å². The van der Waals surface area contributed by atoms with Crippen LogP contribution in [0, 0.1) is 17.3 Å². The molecule has 0 saturated heterocycles. The highest BCUT2D eigenvalue weighted by atomic mass is 16.5. The number of benzene rings is 1. The van der Waals surface area contributed by atoms with E-state index in [9.17, 15) is 0 Å². The standard InChI is InChI=1S/C17H24N2O/c1-2-3-4-5-6-7-8-9-10-15-11-13-16(14-12-15)17(18)19-20/h11-14,20H,2-8H2,1H3,(H2,18,19). The molecule has 0 amide bonds. The quantitative estimate of drug-likeness (QED) is 0.230. The molecule has 1 aromatic rings. The first-order chi connectivity index (χ1) is 9.77. The SMILES string of the molecule is CCCCCCCCC#Cc1ccc(C(=N)NO)cc1. The maximum atomic E-state index is 8.63. The van der Waals surface area contributed by atoms with Crippen LogP contribution in [0.5, 0.6) is 0 Å². The average Bonchev–Trinajstić information content (AvgIpc) is 2.50. The summed E-state index contributed by atoms with van der Waals surface area (Å²) in [5.74, 6) is 6.31. The smallest absolute Gasteiger partial charge is 0.149 e. The second-order valence-corrected chi connectivity index (χ2v) is 4.88. The van der Waals surface area contributed by atoms with E-state index in [2.05, 4.69) is 18.8 Å². The topological polar surface area (TPSA) is 56.1 Å². The minimum absolute atomic E-state index is 0.00316. The molecule has 0 aliphatic rings. The molecule has 0 heterocycles. The molecule has 0 saturated carbocycles. The van der Waals surface area contributed by atoms with E-state index >= 15 is 0 Å². The summed E-state index contributed by atoms with van der Waals surface area (Å²) in [4.78, 5) is 0. The second kappa shape index (κ2) is 10.1. The van der Waals surface area contributed by atoms with Crippen molar-refractivity contribution in [2.75, 3.05) is 0 Å². The lowest BCUT2D eigenvalue weighted by Gasteiger charge is -2.00. The van der Waals surface area contributed by atoms with Crippen LogP contribution in [-0.2, 0) is 0 Å². The van der Waals surface area contributed by atoms with Crippen LogP contribution >= 0.6 is 0 Å². The Morgan fingerprint density at radius 3 is 2.40 bits per heavy atom. The monoisotopic (exact) mass is 272 g/mol. The lowest BCUT2D eigenvalue weighted by atomic mass is 10.1. The zero-order valence-electron chi connectivity index (χ0n) is 12.2. The maximum Gasteiger partial charge on any atom is 0.149 e. The molecule has 20 heavy (non-hydrogen) atoms. The van der Waals surface area contributed by atoms with Gasteiger partial charge >= 0.3 is 0 Å². The van der Waals surface area contributed by atoms with Gasteiger partial charge in [-0.2, -0.15) is 0 Å². The van der Waals surface area contributed by atoms with Gasteiger partial charge in [-0.15, -0.1) is 0 Å². The van der Waals surface area contributed by atoms with Crippen LogP contribution in [0.2, 0.25) is 0 Å². The fraction of sp³-hybridized carbons (Fsp3) is 0.471. The summed E-state index contributed by atoms with van der Waals surface area (Å²) in [5.41, 5.74) is 3.43. The maximum absolute atomic E-state index is 8.63. The molecular formula is C17H24N2O. The van der Waals surface area contributed by atoms with Crippen LogP contribution in [-0.4, -0.2) is 11.0 Å². The van der Waals surface area contributed by atoms with Crippen molar-refractivity contribution in [2.24, 2.45) is 0 Å². The van der Waals surface area contributed by atoms with Crippen LogP contribution in [0.3, 0.4) is 0 Å². The lowest BCUT2D eigenvalue weighted by molar-refractivity contribution is 0.234. The van der Waals surface area contributed by atoms with Crippen molar-refractivity contribution in [1.82, 2.24) is 5.48 Å². The van der Waals surface area contributed by atoms with Crippen molar-refractivity contribution < 1.29 is 5.21 Å². The van der Waals surface area contributed by atoms with Crippen LogP contribution in [0.1, 0.15) is 63.0 Å². The summed E-state index contributed by atoms with van der Waals surface area (Å²) in [7, 11) is 0. The highest BCUT2D eigenvalue weighted by Crippen LogP contribution is 2.07. The van der Waals surface area contributed by atoms with Crippen molar-refractivity contribution in [1.29, 1.82) is 5.41 Å². The molecule has 0 bridgehead atoms. The number of amidine groups is 1. The Hall–Kier alpha value is -1.79. The van der Waals surface area contributed by atoms with Crippen LogP contribution < -0.4 is 5.48 Å². The molecule has 108 valence electrons. The zero-order valence-corrected chi connectivity index (χ0v) is 12.2. The molecule has 0 unspecified atom stereocenters. The molecule has 0 radical (unpaired) electrons. The molecule has 1 rings (SSSR count). The Morgan fingerprint density at radius 1 is 1.10 bits per heavy atom. The highest BCUT2D eigenvalue weighted by Gasteiger charge is 1.97. The Bertz CT molecular complexity index is 454. The third-order valence-corrected chi connectivity index (χ3v) is 3.17. The molecule has 3 nitrogen and oxygen atoms in total. The fourth-order valence-corrected chi connectivity index (χ4v) is 1.94. The van der Waals surface area contributed by atoms with Gasteiger partial charge in [-0.3, -0.25) is 16.1 Å². The molecule has 0 aliphatic carbocycles. The number of nitrogens with one attached hydrogen (secondary N) is 2. The predicted octanol–water partition coefficient (Wildman–Crippen LogP) is 4.09. The van der Waals surface area contributed by atoms with Crippen molar-refractivity contribution in [3.63, 3.8) is 0 Å². The summed E-state index contributed by atoms with van der Waals surface area (Å²) in [5, 5.41) is 16.0. The van der Waals surface area contributed by atoms with Gasteiger partial charge in [0.05, 0.1) is 0 Å². The van der Waals surface area contributed by atoms with Gasteiger partial charge in [-0.05, 0) is 30.7 Å². The van der Waals surface area contributed by atoms with E-state index in [4.69, 9.17) is 10.6 Å². The van der Waals surface area contributed by atoms with Crippen LogP contribution in [0.4, 0.5) is 0 Å². The van der Waals surface area contributed by atoms with Gasteiger partial charge in [0, 0.05) is 17.5 Å². The zero-order chi connectivity index (χ0) is 14.6. The predicted molar refractivity (Wildman–Crippen MR) is 83.1 cm³/mol. The van der Waals surface area contributed by atoms with Crippen molar-refractivity contribution in [2.45, 2.75) is 51.9 Å². The third-order valence-electron chi connectivity index (χ3n) is 3.17. The summed E-state index contributed by atoms with van der Waals surface area (Å²) in [6.07, 6.45) is 8.69. The lowest BCUT2D eigenvalue weighted by Crippen LogP contribution is -2.18. The van der Waals surface area contributed by atoms with E-state index in [-0.39, 0.29) is 5.84 Å². The van der Waals surface area contributed by atoms with Gasteiger partial charge in [0.15, 0.2) is 0 Å². The fourth-order valence-electron chi connectivity index (χ4n) is 1.94. The molecule has 3 N–H and O–H groups in total. The minimum atomic E-state index is -0.00316. The molecule has 0 fully saturated rings. The summed E-state index contributed by atoms with van der Waals surface area (Å²) in [6.45, 7) is 2.23. The van der Waals surface area contributed by atoms with Crippen molar-refractivity contribution >= 4 is 5.84 Å². The highest BCUT2D eigenvalue weighted by molar-refractivity contribution is 5.95. The normalized spacial score (nSPS) is 9.70. The first kappa shape index (κ1) is 16.3. The summed E-state index contributed by atoms with van der Waals surface area (Å²) < 4.78 is 0. The van der Waals surface area contributed by atoms with Gasteiger partial charge in [-0.1, -0.05) is 50.9 Å². The molecule has 0 aromatic heterocycles. The minimum Gasteiger partial charge on any atom is -0.290 e. The molecular weight excluding hydrogens is 248 g/mol. The Labute approximate surface area is 121 Å². The Balaban J connectivity index is 2.28. The largest absolute Gasteiger partial charge is 0.290 e. The van der Waals surface area contributed by atoms with E-state index in [0.29, 0.717) is 5.56 Å². The van der Waals surface area contributed by atoms with E-state index in [0.717, 1.165) is 12.0 Å². The van der Waals surface area contributed by atoms with E-state index in [1.54, 1.807) is 12.1 Å². The number of rotatable bonds is 7. The number of hydroxylamine groups is 1. The number of hydrogen-bond donors (Lipinski definition) is 3. The molecule has 1 aromatic carbocycles. The van der Waals surface area contributed by atoms with Crippen molar-refractivity contribution in [3.05, 3.63) is 35.4 Å². The molecule has 0 atom stereocenters. The van der Waals surface area contributed by atoms with Gasteiger partial charge in [0.25, 0.3) is 0 Å². The Kier molecular flexibility index (Phi) is 8.17. The van der Waals surface area contributed by atoms with Gasteiger partial charge in [0.2, 0.25) is 0 Å². The van der Waals surface area contributed by atoms with E-state index in [1.165, 1.54) is 38.5 Å². The van der Waals surface area contributed by atoms with E-state index in [1.807, 2.05) is 17.6 Å². The number of hydrogen-bond acceptors (Lipinski definition) is 2. The van der Waals surface area contributed by atoms with E-state index < -0.39 is 0 Å². The van der Waals surface area contributed by atoms with Crippen LogP contribution in [0.25, 0.3) is 0 Å². The summed E-state index contributed by atoms with van der Waals surface area (Å²) in [6, 6.07) is 7.30. The molecule has 3 heteroatoms. The van der Waals surface area contributed by atoms with Crippen molar-refractivity contribution in [3.8, 4) is 11.8 Å².